The second-order valence-corrected chi connectivity index (χ2v) is 4.66. The van der Waals surface area contributed by atoms with Gasteiger partial charge in [-0.05, 0) is 42.1 Å². The standard InChI is InChI=1S/C12H9ClO2S/c1-8-7-9(13)4-5-10(8)15-12(14)11-3-2-6-16-11/h2-7H,1H3. The van der Waals surface area contributed by atoms with Gasteiger partial charge in [0.15, 0.2) is 0 Å². The lowest BCUT2D eigenvalue weighted by molar-refractivity contribution is 0.0738. The summed E-state index contributed by atoms with van der Waals surface area (Å²) < 4.78 is 5.26. The number of carbonyl (C=O) groups excluding carboxylic acids is 1. The van der Waals surface area contributed by atoms with Gasteiger partial charge in [0.25, 0.3) is 0 Å². The van der Waals surface area contributed by atoms with Crippen LogP contribution in [0.15, 0.2) is 35.7 Å². The van der Waals surface area contributed by atoms with E-state index in [2.05, 4.69) is 0 Å². The number of carbonyl (C=O) groups is 1. The summed E-state index contributed by atoms with van der Waals surface area (Å²) in [5.74, 6) is 0.211. The summed E-state index contributed by atoms with van der Waals surface area (Å²) in [6.45, 7) is 1.85. The van der Waals surface area contributed by atoms with Crippen LogP contribution < -0.4 is 4.74 Å². The molecule has 0 bridgehead atoms. The quantitative estimate of drug-likeness (QED) is 0.598. The van der Waals surface area contributed by atoms with Crippen LogP contribution in [0.4, 0.5) is 0 Å². The van der Waals surface area contributed by atoms with Crippen molar-refractivity contribution in [2.75, 3.05) is 0 Å². The molecule has 0 aliphatic heterocycles. The summed E-state index contributed by atoms with van der Waals surface area (Å²) in [6.07, 6.45) is 0. The van der Waals surface area contributed by atoms with Crippen molar-refractivity contribution in [1.29, 1.82) is 0 Å². The van der Waals surface area contributed by atoms with Gasteiger partial charge in [0, 0.05) is 5.02 Å². The van der Waals surface area contributed by atoms with E-state index in [-0.39, 0.29) is 5.97 Å². The maximum Gasteiger partial charge on any atom is 0.353 e. The highest BCUT2D eigenvalue weighted by atomic mass is 35.5. The Morgan fingerprint density at radius 3 is 2.81 bits per heavy atom. The van der Waals surface area contributed by atoms with Gasteiger partial charge in [-0.25, -0.2) is 4.79 Å². The normalized spacial score (nSPS) is 10.1. The maximum atomic E-state index is 11.7. The molecule has 16 heavy (non-hydrogen) atoms. The summed E-state index contributed by atoms with van der Waals surface area (Å²) in [5, 5.41) is 2.47. The smallest absolute Gasteiger partial charge is 0.353 e. The molecular weight excluding hydrogens is 244 g/mol. The lowest BCUT2D eigenvalue weighted by Gasteiger charge is -2.06. The number of benzene rings is 1. The molecule has 1 aromatic heterocycles. The van der Waals surface area contributed by atoms with Crippen LogP contribution in [-0.2, 0) is 0 Å². The fraction of sp³-hybridized carbons (Fsp3) is 0.0833. The predicted octanol–water partition coefficient (Wildman–Crippen LogP) is 3.93. The molecule has 0 fully saturated rings. The number of halogens is 1. The third-order valence-electron chi connectivity index (χ3n) is 2.06. The number of aryl methyl sites for hydroxylation is 1. The van der Waals surface area contributed by atoms with Crippen molar-refractivity contribution in [1.82, 2.24) is 0 Å². The Morgan fingerprint density at radius 1 is 1.38 bits per heavy atom. The zero-order valence-electron chi connectivity index (χ0n) is 8.57. The Balaban J connectivity index is 2.18. The van der Waals surface area contributed by atoms with E-state index >= 15 is 0 Å². The van der Waals surface area contributed by atoms with E-state index < -0.39 is 0 Å². The summed E-state index contributed by atoms with van der Waals surface area (Å²) in [4.78, 5) is 12.3. The first-order valence-electron chi connectivity index (χ1n) is 4.68. The van der Waals surface area contributed by atoms with Gasteiger partial charge in [-0.1, -0.05) is 17.7 Å². The minimum absolute atomic E-state index is 0.333. The molecule has 4 heteroatoms. The van der Waals surface area contributed by atoms with Crippen molar-refractivity contribution in [2.45, 2.75) is 6.92 Å². The van der Waals surface area contributed by atoms with Crippen molar-refractivity contribution in [2.24, 2.45) is 0 Å². The first-order valence-corrected chi connectivity index (χ1v) is 5.94. The molecule has 0 N–H and O–H groups in total. The molecular formula is C12H9ClO2S. The Kier molecular flexibility index (Phi) is 3.27. The second kappa shape index (κ2) is 4.68. The van der Waals surface area contributed by atoms with Gasteiger partial charge >= 0.3 is 5.97 Å². The highest BCUT2D eigenvalue weighted by Gasteiger charge is 2.10. The van der Waals surface area contributed by atoms with Gasteiger partial charge in [-0.15, -0.1) is 11.3 Å². The minimum atomic E-state index is -0.333. The zero-order chi connectivity index (χ0) is 11.5. The first-order chi connectivity index (χ1) is 7.66. The van der Waals surface area contributed by atoms with Crippen molar-refractivity contribution >= 4 is 28.9 Å². The highest BCUT2D eigenvalue weighted by molar-refractivity contribution is 7.12. The van der Waals surface area contributed by atoms with E-state index in [1.807, 2.05) is 18.4 Å². The molecule has 0 unspecified atom stereocenters. The maximum absolute atomic E-state index is 11.7. The van der Waals surface area contributed by atoms with Crippen LogP contribution in [0.25, 0.3) is 0 Å². The molecule has 2 rings (SSSR count). The molecule has 82 valence electrons. The lowest BCUT2D eigenvalue weighted by Crippen LogP contribution is -2.07. The fourth-order valence-electron chi connectivity index (χ4n) is 1.27. The summed E-state index contributed by atoms with van der Waals surface area (Å²) in [6, 6.07) is 8.71. The predicted molar refractivity (Wildman–Crippen MR) is 65.5 cm³/mol. The average Bonchev–Trinajstić information content (AvgIpc) is 2.75. The number of ether oxygens (including phenoxy) is 1. The van der Waals surface area contributed by atoms with E-state index in [1.165, 1.54) is 11.3 Å². The lowest BCUT2D eigenvalue weighted by atomic mass is 10.2. The van der Waals surface area contributed by atoms with E-state index in [0.29, 0.717) is 15.6 Å². The molecule has 1 heterocycles. The van der Waals surface area contributed by atoms with Gasteiger partial charge in [0.1, 0.15) is 10.6 Å². The second-order valence-electron chi connectivity index (χ2n) is 3.28. The molecule has 2 nitrogen and oxygen atoms in total. The number of hydrogen-bond donors (Lipinski definition) is 0. The largest absolute Gasteiger partial charge is 0.422 e. The molecule has 2 aromatic rings. The molecule has 0 radical (unpaired) electrons. The highest BCUT2D eigenvalue weighted by Crippen LogP contribution is 2.23. The van der Waals surface area contributed by atoms with Crippen LogP contribution in [0.5, 0.6) is 5.75 Å². The van der Waals surface area contributed by atoms with Gasteiger partial charge < -0.3 is 4.74 Å². The van der Waals surface area contributed by atoms with E-state index in [9.17, 15) is 4.79 Å². The van der Waals surface area contributed by atoms with Crippen molar-refractivity contribution in [3.05, 3.63) is 51.2 Å². The molecule has 0 saturated heterocycles. The molecule has 0 aliphatic carbocycles. The number of esters is 1. The molecule has 0 amide bonds. The molecule has 0 saturated carbocycles. The SMILES string of the molecule is Cc1cc(Cl)ccc1OC(=O)c1cccs1. The monoisotopic (exact) mass is 252 g/mol. The first kappa shape index (κ1) is 11.2. The average molecular weight is 253 g/mol. The summed E-state index contributed by atoms with van der Waals surface area (Å²) in [5.41, 5.74) is 0.845. The third kappa shape index (κ3) is 2.43. The molecule has 0 spiro atoms. The Hall–Kier alpha value is -1.32. The van der Waals surface area contributed by atoms with Crippen LogP contribution in [0, 0.1) is 6.92 Å². The topological polar surface area (TPSA) is 26.3 Å². The van der Waals surface area contributed by atoms with Crippen LogP contribution in [0.1, 0.15) is 15.2 Å². The zero-order valence-corrected chi connectivity index (χ0v) is 10.1. The van der Waals surface area contributed by atoms with Crippen molar-refractivity contribution in [3.63, 3.8) is 0 Å². The molecule has 1 aromatic carbocycles. The van der Waals surface area contributed by atoms with E-state index in [4.69, 9.17) is 16.3 Å². The minimum Gasteiger partial charge on any atom is -0.422 e. The summed E-state index contributed by atoms with van der Waals surface area (Å²) in [7, 11) is 0. The van der Waals surface area contributed by atoms with Crippen LogP contribution >= 0.6 is 22.9 Å². The van der Waals surface area contributed by atoms with Crippen LogP contribution in [0.3, 0.4) is 0 Å². The van der Waals surface area contributed by atoms with Gasteiger partial charge in [0.2, 0.25) is 0 Å². The number of thiophene rings is 1. The van der Waals surface area contributed by atoms with Gasteiger partial charge in [-0.3, -0.25) is 0 Å². The van der Waals surface area contributed by atoms with Crippen molar-refractivity contribution in [3.8, 4) is 5.75 Å². The molecule has 0 aliphatic rings. The fourth-order valence-corrected chi connectivity index (χ4v) is 2.10. The van der Waals surface area contributed by atoms with Crippen LogP contribution in [-0.4, -0.2) is 5.97 Å². The number of hydrogen-bond acceptors (Lipinski definition) is 3. The van der Waals surface area contributed by atoms with Gasteiger partial charge in [-0.2, -0.15) is 0 Å². The van der Waals surface area contributed by atoms with E-state index in [1.54, 1.807) is 24.3 Å². The molecule has 0 atom stereocenters. The number of rotatable bonds is 2. The van der Waals surface area contributed by atoms with Crippen molar-refractivity contribution < 1.29 is 9.53 Å². The summed E-state index contributed by atoms with van der Waals surface area (Å²) >= 11 is 7.17. The Bertz CT molecular complexity index is 506. The van der Waals surface area contributed by atoms with E-state index in [0.717, 1.165) is 5.56 Å². The van der Waals surface area contributed by atoms with Gasteiger partial charge in [0.05, 0.1) is 0 Å². The third-order valence-corrected chi connectivity index (χ3v) is 3.15. The Labute approximate surface area is 102 Å². The van der Waals surface area contributed by atoms with Crippen LogP contribution in [0.2, 0.25) is 5.02 Å². The Morgan fingerprint density at radius 2 is 2.19 bits per heavy atom.